The van der Waals surface area contributed by atoms with E-state index in [0.717, 1.165) is 0 Å². The van der Waals surface area contributed by atoms with E-state index in [1.165, 1.54) is 19.1 Å². The van der Waals surface area contributed by atoms with Gasteiger partial charge < -0.3 is 24.2 Å². The van der Waals surface area contributed by atoms with Crippen molar-refractivity contribution in [2.45, 2.75) is 32.4 Å². The number of ether oxygens (including phenoxy) is 3. The van der Waals surface area contributed by atoms with Crippen LogP contribution in [-0.4, -0.2) is 55.2 Å². The predicted molar refractivity (Wildman–Crippen MR) is 126 cm³/mol. The van der Waals surface area contributed by atoms with Gasteiger partial charge in [-0.15, -0.1) is 0 Å². The number of carbonyl (C=O) groups excluding carboxylic acids is 2. The van der Waals surface area contributed by atoms with Crippen molar-refractivity contribution in [3.63, 3.8) is 0 Å². The first-order chi connectivity index (χ1) is 15.8. The lowest BCUT2D eigenvalue weighted by atomic mass is 9.94. The number of nitrogens with zero attached hydrogens (tertiary/aromatic N) is 1. The number of amides is 1. The van der Waals surface area contributed by atoms with Gasteiger partial charge in [-0.2, -0.15) is 0 Å². The van der Waals surface area contributed by atoms with E-state index < -0.39 is 17.7 Å². The summed E-state index contributed by atoms with van der Waals surface area (Å²) in [6, 6.07) is 10.7. The van der Waals surface area contributed by atoms with Crippen molar-refractivity contribution in [1.29, 1.82) is 0 Å². The van der Waals surface area contributed by atoms with Gasteiger partial charge in [0, 0.05) is 29.3 Å². The normalized spacial score (nSPS) is 17.6. The van der Waals surface area contributed by atoms with Crippen molar-refractivity contribution in [3.05, 3.63) is 64.2 Å². The second-order valence-electron chi connectivity index (χ2n) is 7.88. The Balaban J connectivity index is 2.13. The standard InChI is InChI=1S/C25H28ClNO6/c1-15(2)33-13-5-12-27-22(19-14-18(31-3)10-11-20(19)32-4)21(24(29)25(27)30)23(28)16-6-8-17(26)9-7-16/h6-11,14-15,22,28H,5,12-13H2,1-4H3/t22-/m1/s1. The number of hydrogen-bond acceptors (Lipinski definition) is 6. The van der Waals surface area contributed by atoms with Crippen LogP contribution in [0.15, 0.2) is 48.0 Å². The van der Waals surface area contributed by atoms with Crippen LogP contribution in [0.5, 0.6) is 11.5 Å². The highest BCUT2D eigenvalue weighted by Gasteiger charge is 2.47. The van der Waals surface area contributed by atoms with Gasteiger partial charge in [-0.3, -0.25) is 9.59 Å². The molecule has 0 spiro atoms. The Morgan fingerprint density at radius 1 is 1.09 bits per heavy atom. The highest BCUT2D eigenvalue weighted by molar-refractivity contribution is 6.46. The number of Topliss-reactive ketones (excluding diaryl/α,β-unsaturated/α-hetero) is 1. The molecule has 0 bridgehead atoms. The Morgan fingerprint density at radius 2 is 1.79 bits per heavy atom. The monoisotopic (exact) mass is 473 g/mol. The van der Waals surface area contributed by atoms with Crippen molar-refractivity contribution < 1.29 is 28.9 Å². The molecule has 0 aromatic heterocycles. The Kier molecular flexibility index (Phi) is 8.00. The second-order valence-corrected chi connectivity index (χ2v) is 8.32. The van der Waals surface area contributed by atoms with E-state index in [-0.39, 0.29) is 24.0 Å². The molecule has 3 rings (SSSR count). The molecule has 1 heterocycles. The minimum atomic E-state index is -0.857. The molecule has 33 heavy (non-hydrogen) atoms. The minimum Gasteiger partial charge on any atom is -0.507 e. The zero-order valence-corrected chi connectivity index (χ0v) is 19.9. The number of aliphatic hydroxyl groups is 1. The third-order valence-electron chi connectivity index (χ3n) is 5.38. The van der Waals surface area contributed by atoms with Crippen LogP contribution in [0.1, 0.15) is 37.4 Å². The molecule has 176 valence electrons. The van der Waals surface area contributed by atoms with Crippen LogP contribution in [0, 0.1) is 0 Å². The van der Waals surface area contributed by atoms with Gasteiger partial charge in [0.2, 0.25) is 0 Å². The number of halogens is 1. The Morgan fingerprint density at radius 3 is 2.39 bits per heavy atom. The molecule has 7 nitrogen and oxygen atoms in total. The van der Waals surface area contributed by atoms with Gasteiger partial charge in [-0.25, -0.2) is 0 Å². The average Bonchev–Trinajstić information content (AvgIpc) is 3.06. The first-order valence-corrected chi connectivity index (χ1v) is 11.0. The molecule has 1 N–H and O–H groups in total. The molecule has 1 saturated heterocycles. The molecule has 0 unspecified atom stereocenters. The van der Waals surface area contributed by atoms with E-state index in [9.17, 15) is 14.7 Å². The lowest BCUT2D eigenvalue weighted by molar-refractivity contribution is -0.140. The quantitative estimate of drug-likeness (QED) is 0.248. The van der Waals surface area contributed by atoms with Crippen LogP contribution in [0.25, 0.3) is 5.76 Å². The Labute approximate surface area is 198 Å². The maximum atomic E-state index is 13.1. The summed E-state index contributed by atoms with van der Waals surface area (Å²) in [6.07, 6.45) is 0.578. The van der Waals surface area contributed by atoms with Crippen LogP contribution >= 0.6 is 11.6 Å². The van der Waals surface area contributed by atoms with E-state index >= 15 is 0 Å². The zero-order valence-electron chi connectivity index (χ0n) is 19.1. The van der Waals surface area contributed by atoms with Crippen LogP contribution in [0.2, 0.25) is 5.02 Å². The Bertz CT molecular complexity index is 1050. The van der Waals surface area contributed by atoms with Crippen LogP contribution in [-0.2, 0) is 14.3 Å². The molecule has 0 aliphatic carbocycles. The minimum absolute atomic E-state index is 0.0151. The van der Waals surface area contributed by atoms with Gasteiger partial charge in [0.25, 0.3) is 11.7 Å². The smallest absolute Gasteiger partial charge is 0.295 e. The summed E-state index contributed by atoms with van der Waals surface area (Å²) in [5.41, 5.74) is 0.905. The molecule has 2 aromatic carbocycles. The van der Waals surface area contributed by atoms with E-state index in [1.54, 1.807) is 42.5 Å². The number of carbonyl (C=O) groups is 2. The fourth-order valence-corrected chi connectivity index (χ4v) is 3.93. The van der Waals surface area contributed by atoms with E-state index in [1.807, 2.05) is 13.8 Å². The fourth-order valence-electron chi connectivity index (χ4n) is 3.80. The number of ketones is 1. The summed E-state index contributed by atoms with van der Waals surface area (Å²) in [7, 11) is 3.03. The van der Waals surface area contributed by atoms with Gasteiger partial charge in [-0.1, -0.05) is 11.6 Å². The number of likely N-dealkylation sites (tertiary alicyclic amines) is 1. The summed E-state index contributed by atoms with van der Waals surface area (Å²) in [5.74, 6) is -0.730. The van der Waals surface area contributed by atoms with Crippen molar-refractivity contribution in [3.8, 4) is 11.5 Å². The SMILES string of the molecule is COc1ccc(OC)c([C@@H]2C(=C(O)c3ccc(Cl)cc3)C(=O)C(=O)N2CCCOC(C)C)c1. The fraction of sp³-hybridized carbons (Fsp3) is 0.360. The predicted octanol–water partition coefficient (Wildman–Crippen LogP) is 4.59. The van der Waals surface area contributed by atoms with E-state index in [0.29, 0.717) is 40.7 Å². The van der Waals surface area contributed by atoms with Gasteiger partial charge in [0.05, 0.1) is 31.9 Å². The van der Waals surface area contributed by atoms with Crippen molar-refractivity contribution >= 4 is 29.1 Å². The van der Waals surface area contributed by atoms with Crippen molar-refractivity contribution in [2.75, 3.05) is 27.4 Å². The molecule has 1 atom stereocenters. The molecule has 1 aliphatic heterocycles. The van der Waals surface area contributed by atoms with Crippen molar-refractivity contribution in [1.82, 2.24) is 4.90 Å². The topological polar surface area (TPSA) is 85.3 Å². The van der Waals surface area contributed by atoms with Crippen LogP contribution in [0.3, 0.4) is 0 Å². The molecule has 1 fully saturated rings. The van der Waals surface area contributed by atoms with E-state index in [4.69, 9.17) is 25.8 Å². The molecule has 1 amide bonds. The summed E-state index contributed by atoms with van der Waals surface area (Å²) < 4.78 is 16.5. The lowest BCUT2D eigenvalue weighted by Gasteiger charge is -2.27. The molecule has 0 radical (unpaired) electrons. The third-order valence-corrected chi connectivity index (χ3v) is 5.64. The molecule has 2 aromatic rings. The van der Waals surface area contributed by atoms with Gasteiger partial charge in [0.1, 0.15) is 17.3 Å². The second kappa shape index (κ2) is 10.7. The maximum Gasteiger partial charge on any atom is 0.295 e. The summed E-state index contributed by atoms with van der Waals surface area (Å²) in [4.78, 5) is 27.7. The first-order valence-electron chi connectivity index (χ1n) is 10.7. The number of benzene rings is 2. The molecule has 8 heteroatoms. The number of aliphatic hydroxyl groups excluding tert-OH is 1. The summed E-state index contributed by atoms with van der Waals surface area (Å²) >= 11 is 5.97. The number of hydrogen-bond donors (Lipinski definition) is 1. The maximum absolute atomic E-state index is 13.1. The van der Waals surface area contributed by atoms with Gasteiger partial charge in [-0.05, 0) is 62.7 Å². The highest BCUT2D eigenvalue weighted by atomic mass is 35.5. The average molecular weight is 474 g/mol. The van der Waals surface area contributed by atoms with Gasteiger partial charge in [0.15, 0.2) is 0 Å². The molecular weight excluding hydrogens is 446 g/mol. The van der Waals surface area contributed by atoms with E-state index in [2.05, 4.69) is 0 Å². The van der Waals surface area contributed by atoms with Gasteiger partial charge >= 0.3 is 0 Å². The third kappa shape index (κ3) is 5.31. The molecule has 0 saturated carbocycles. The zero-order chi connectivity index (χ0) is 24.1. The molecular formula is C25H28ClNO6. The lowest BCUT2D eigenvalue weighted by Crippen LogP contribution is -2.31. The highest BCUT2D eigenvalue weighted by Crippen LogP contribution is 2.44. The summed E-state index contributed by atoms with van der Waals surface area (Å²) in [5, 5.41) is 11.6. The van der Waals surface area contributed by atoms with Crippen LogP contribution < -0.4 is 9.47 Å². The summed E-state index contributed by atoms with van der Waals surface area (Å²) in [6.45, 7) is 4.55. The number of methoxy groups -OCH3 is 2. The van der Waals surface area contributed by atoms with Crippen molar-refractivity contribution in [2.24, 2.45) is 0 Å². The largest absolute Gasteiger partial charge is 0.507 e. The number of rotatable bonds is 9. The first kappa shape index (κ1) is 24.6. The Hall–Kier alpha value is -3.03. The molecule has 1 aliphatic rings. The van der Waals surface area contributed by atoms with Crippen LogP contribution in [0.4, 0.5) is 0 Å².